The number of aromatic amines is 1. The van der Waals surface area contributed by atoms with E-state index in [0.717, 1.165) is 0 Å². The minimum Gasteiger partial charge on any atom is -0.390 e. The normalized spacial score (nSPS) is 22.4. The van der Waals surface area contributed by atoms with E-state index in [4.69, 9.17) is 25.8 Å². The van der Waals surface area contributed by atoms with Crippen molar-refractivity contribution < 1.29 is 33.7 Å². The van der Waals surface area contributed by atoms with Gasteiger partial charge in [0.05, 0.1) is 37.3 Å². The zero-order valence-electron chi connectivity index (χ0n) is 19.6. The van der Waals surface area contributed by atoms with Gasteiger partial charge in [-0.15, -0.1) is 10.2 Å². The minimum atomic E-state index is -4.92. The fourth-order valence-corrected chi connectivity index (χ4v) is 4.94. The van der Waals surface area contributed by atoms with Crippen LogP contribution < -0.4 is 5.32 Å². The highest BCUT2D eigenvalue weighted by Gasteiger charge is 2.51. The molecule has 0 bridgehead atoms. The summed E-state index contributed by atoms with van der Waals surface area (Å²) in [7, 11) is -3.65. The molecule has 0 radical (unpaired) electrons. The number of methoxy groups -OCH3 is 1. The van der Waals surface area contributed by atoms with E-state index in [0.29, 0.717) is 16.9 Å². The van der Waals surface area contributed by atoms with Crippen molar-refractivity contribution in [2.75, 3.05) is 25.6 Å². The van der Waals surface area contributed by atoms with Gasteiger partial charge < -0.3 is 34.4 Å². The average Bonchev–Trinajstić information content (AvgIpc) is 3.51. The quantitative estimate of drug-likeness (QED) is 0.160. The Kier molecular flexibility index (Phi) is 7.87. The van der Waals surface area contributed by atoms with Crippen molar-refractivity contribution in [3.05, 3.63) is 17.3 Å². The molecule has 16 nitrogen and oxygen atoms in total. The molecular weight excluding hydrogens is 521 g/mol. The molecule has 1 unspecified atom stereocenters. The van der Waals surface area contributed by atoms with Gasteiger partial charge in [-0.25, -0.2) is 4.68 Å². The van der Waals surface area contributed by atoms with Crippen LogP contribution in [0, 0.1) is 0 Å². The second kappa shape index (κ2) is 10.6. The lowest BCUT2D eigenvalue weighted by atomic mass is 10.2. The number of hydrogen-bond acceptors (Lipinski definition) is 12. The number of nitrogens with one attached hydrogen (secondary N) is 2. The average molecular weight is 548 g/mol. The first kappa shape index (κ1) is 26.8. The zero-order valence-corrected chi connectivity index (χ0v) is 21.3. The molecule has 0 amide bonds. The van der Waals surface area contributed by atoms with E-state index in [-0.39, 0.29) is 30.2 Å². The Bertz CT molecular complexity index is 1220. The van der Waals surface area contributed by atoms with Gasteiger partial charge in [-0.2, -0.15) is 20.3 Å². The Morgan fingerprint density at radius 1 is 1.42 bits per heavy atom. The molecule has 4 rings (SSSR count). The fourth-order valence-electron chi connectivity index (χ4n) is 3.89. The maximum absolute atomic E-state index is 12.4. The monoisotopic (exact) mass is 547 g/mol. The highest BCUT2D eigenvalue weighted by atomic mass is 35.5. The number of ether oxygens (including phenoxy) is 3. The first-order valence-electron chi connectivity index (χ1n) is 10.9. The molecule has 4 atom stereocenters. The van der Waals surface area contributed by atoms with Crippen molar-refractivity contribution in [3.63, 3.8) is 0 Å². The number of halogens is 1. The van der Waals surface area contributed by atoms with Crippen molar-refractivity contribution in [1.29, 1.82) is 0 Å². The summed E-state index contributed by atoms with van der Waals surface area (Å²) < 4.78 is 30.7. The molecule has 198 valence electrons. The maximum atomic E-state index is 12.4. The summed E-state index contributed by atoms with van der Waals surface area (Å²) in [5.74, 6) is 0.531. The maximum Gasteiger partial charge on any atom is 0.359 e. The molecule has 0 saturated carbocycles. The van der Waals surface area contributed by atoms with Crippen molar-refractivity contribution in [3.8, 4) is 0 Å². The van der Waals surface area contributed by atoms with Crippen LogP contribution in [0.4, 0.5) is 5.82 Å². The van der Waals surface area contributed by atoms with Gasteiger partial charge in [0, 0.05) is 19.6 Å². The van der Waals surface area contributed by atoms with Gasteiger partial charge in [0.15, 0.2) is 23.0 Å². The lowest BCUT2D eigenvalue weighted by Gasteiger charge is -2.33. The van der Waals surface area contributed by atoms with Crippen LogP contribution in [0.25, 0.3) is 11.0 Å². The Labute approximate surface area is 209 Å². The highest BCUT2D eigenvalue weighted by Crippen LogP contribution is 2.53. The van der Waals surface area contributed by atoms with E-state index in [1.54, 1.807) is 6.20 Å². The molecule has 3 aromatic rings. The summed E-state index contributed by atoms with van der Waals surface area (Å²) in [5.41, 5.74) is 0.401. The molecule has 5 N–H and O–H groups in total. The standard InChI is InChI=1S/C18H27ClN9O7P/c1-9(2)21-15-10-6-20-28(16(10)23-17(19)22-15)14-4-11(29)12(35-14)7-34-18(8-33-3,36(30,31)32)5-13-24-26-27-25-13/h6,9,11-12,14,29H,4-5,7-8H2,1-3H3,(H,21,22,23)(H2,30,31,32)(H,24,25,26,27)/t11-,12+,14+,18?/m0/s1. The van der Waals surface area contributed by atoms with Crippen molar-refractivity contribution in [2.24, 2.45) is 0 Å². The van der Waals surface area contributed by atoms with E-state index < -0.39 is 44.4 Å². The molecular formula is C18H27ClN9O7P. The number of rotatable bonds is 11. The number of aromatic nitrogens is 8. The van der Waals surface area contributed by atoms with Gasteiger partial charge >= 0.3 is 7.60 Å². The van der Waals surface area contributed by atoms with E-state index in [9.17, 15) is 19.5 Å². The molecule has 36 heavy (non-hydrogen) atoms. The number of fused-ring (bicyclic) bond motifs is 1. The summed E-state index contributed by atoms with van der Waals surface area (Å²) in [6.45, 7) is 3.07. The molecule has 1 aliphatic rings. The van der Waals surface area contributed by atoms with Crippen molar-refractivity contribution in [2.45, 2.75) is 56.5 Å². The van der Waals surface area contributed by atoms with Crippen LogP contribution in [-0.2, 0) is 25.2 Å². The molecule has 4 heterocycles. The Morgan fingerprint density at radius 3 is 2.83 bits per heavy atom. The van der Waals surface area contributed by atoms with Crippen LogP contribution in [0.1, 0.15) is 32.3 Å². The largest absolute Gasteiger partial charge is 0.390 e. The Hall–Kier alpha value is -2.30. The summed E-state index contributed by atoms with van der Waals surface area (Å²) in [4.78, 5) is 28.7. The fraction of sp³-hybridized carbons (Fsp3) is 0.667. The van der Waals surface area contributed by atoms with Crippen LogP contribution in [0.15, 0.2) is 6.20 Å². The van der Waals surface area contributed by atoms with Crippen LogP contribution >= 0.6 is 19.2 Å². The van der Waals surface area contributed by atoms with Gasteiger partial charge in [-0.05, 0) is 25.4 Å². The highest BCUT2D eigenvalue weighted by molar-refractivity contribution is 7.53. The lowest BCUT2D eigenvalue weighted by molar-refractivity contribution is -0.112. The first-order valence-corrected chi connectivity index (χ1v) is 12.9. The molecule has 1 saturated heterocycles. The first-order chi connectivity index (χ1) is 17.0. The van der Waals surface area contributed by atoms with Crippen molar-refractivity contribution in [1.82, 2.24) is 40.4 Å². The number of aliphatic hydroxyl groups excluding tert-OH is 1. The Balaban J connectivity index is 1.54. The number of hydrogen-bond donors (Lipinski definition) is 5. The predicted octanol–water partition coefficient (Wildman–Crippen LogP) is 0.241. The SMILES string of the molecule is COCC(Cc1nn[nH]n1)(OC[C@H]1O[C@@H](n2ncc3c(NC(C)C)nc(Cl)nc32)C[C@@H]1O)P(=O)(O)O. The van der Waals surface area contributed by atoms with Gasteiger partial charge in [-0.3, -0.25) is 4.57 Å². The van der Waals surface area contributed by atoms with E-state index in [1.165, 1.54) is 11.8 Å². The number of anilines is 1. The molecule has 3 aromatic heterocycles. The van der Waals surface area contributed by atoms with Gasteiger partial charge in [-0.1, -0.05) is 5.21 Å². The van der Waals surface area contributed by atoms with E-state index in [2.05, 4.69) is 41.0 Å². The van der Waals surface area contributed by atoms with Crippen LogP contribution in [0.2, 0.25) is 5.28 Å². The summed E-state index contributed by atoms with van der Waals surface area (Å²) in [6.07, 6.45) is -1.41. The summed E-state index contributed by atoms with van der Waals surface area (Å²) in [5, 5.41) is 29.8. The summed E-state index contributed by atoms with van der Waals surface area (Å²) in [6, 6.07) is 0.0856. The smallest absolute Gasteiger partial charge is 0.359 e. The van der Waals surface area contributed by atoms with Gasteiger partial charge in [0.25, 0.3) is 0 Å². The topological polar surface area (TPSA) is 216 Å². The lowest BCUT2D eigenvalue weighted by Crippen LogP contribution is -2.43. The molecule has 0 aromatic carbocycles. The second-order valence-electron chi connectivity index (χ2n) is 8.64. The minimum absolute atomic E-state index is 0.0123. The Morgan fingerprint density at radius 2 is 2.19 bits per heavy atom. The number of aliphatic hydroxyl groups is 1. The zero-order chi connectivity index (χ0) is 26.1. The third-order valence-electron chi connectivity index (χ3n) is 5.57. The molecule has 18 heteroatoms. The van der Waals surface area contributed by atoms with Crippen LogP contribution in [0.5, 0.6) is 0 Å². The van der Waals surface area contributed by atoms with E-state index in [1.807, 2.05) is 13.8 Å². The van der Waals surface area contributed by atoms with Crippen LogP contribution in [0.3, 0.4) is 0 Å². The second-order valence-corrected chi connectivity index (χ2v) is 10.9. The van der Waals surface area contributed by atoms with Gasteiger partial charge in [0.1, 0.15) is 11.9 Å². The molecule has 1 aliphatic heterocycles. The van der Waals surface area contributed by atoms with Crippen LogP contribution in [-0.4, -0.2) is 99.2 Å². The number of nitrogens with zero attached hydrogens (tertiary/aromatic N) is 7. The molecule has 0 spiro atoms. The van der Waals surface area contributed by atoms with E-state index >= 15 is 0 Å². The van der Waals surface area contributed by atoms with Gasteiger partial charge in [0.2, 0.25) is 5.28 Å². The summed E-state index contributed by atoms with van der Waals surface area (Å²) >= 11 is 6.11. The predicted molar refractivity (Wildman–Crippen MR) is 124 cm³/mol. The molecule has 0 aliphatic carbocycles. The number of H-pyrrole nitrogens is 1. The van der Waals surface area contributed by atoms with Crippen molar-refractivity contribution >= 4 is 36.0 Å². The molecule has 1 fully saturated rings. The number of tetrazole rings is 1. The third-order valence-corrected chi connectivity index (χ3v) is 7.22. The third kappa shape index (κ3) is 5.50.